The number of nitrogens with zero attached hydrogens (tertiary/aromatic N) is 2. The first-order valence-corrected chi connectivity index (χ1v) is 20.5. The van der Waals surface area contributed by atoms with E-state index in [1.807, 2.05) is 23.5 Å². The van der Waals surface area contributed by atoms with Crippen molar-refractivity contribution in [3.63, 3.8) is 0 Å². The Labute approximate surface area is 338 Å². The molecule has 0 saturated carbocycles. The van der Waals surface area contributed by atoms with Crippen LogP contribution in [0.3, 0.4) is 0 Å². The monoisotopic (exact) mass is 758 g/mol. The van der Waals surface area contributed by atoms with Gasteiger partial charge < -0.3 is 13.9 Å². The molecule has 0 amide bonds. The van der Waals surface area contributed by atoms with E-state index in [1.54, 1.807) is 0 Å². The summed E-state index contributed by atoms with van der Waals surface area (Å²) in [4.78, 5) is 2.42. The zero-order valence-electron chi connectivity index (χ0n) is 31.3. The summed E-state index contributed by atoms with van der Waals surface area (Å²) >= 11 is 1.85. The first-order valence-electron chi connectivity index (χ1n) is 19.7. The van der Waals surface area contributed by atoms with E-state index < -0.39 is 0 Å². The lowest BCUT2D eigenvalue weighted by atomic mass is 9.97. The number of aromatic nitrogens is 1. The third kappa shape index (κ3) is 5.19. The molecule has 0 saturated heterocycles. The Morgan fingerprint density at radius 1 is 0.379 bits per heavy atom. The number of rotatable bonds is 6. The molecule has 12 rings (SSSR count). The normalized spacial score (nSPS) is 11.8. The van der Waals surface area contributed by atoms with E-state index in [9.17, 15) is 0 Å². The van der Waals surface area contributed by atoms with Gasteiger partial charge in [-0.15, -0.1) is 11.3 Å². The zero-order valence-corrected chi connectivity index (χ0v) is 32.2. The van der Waals surface area contributed by atoms with Gasteiger partial charge in [0.2, 0.25) is 0 Å². The number of hydrogen-bond donors (Lipinski definition) is 0. The summed E-state index contributed by atoms with van der Waals surface area (Å²) in [7, 11) is 0. The fraction of sp³-hybridized carbons (Fsp3) is 0. The lowest BCUT2D eigenvalue weighted by Gasteiger charge is -2.28. The average molecular weight is 759 g/mol. The Morgan fingerprint density at radius 2 is 1.02 bits per heavy atom. The van der Waals surface area contributed by atoms with E-state index >= 15 is 0 Å². The largest absolute Gasteiger partial charge is 0.456 e. The van der Waals surface area contributed by atoms with Crippen LogP contribution in [0.15, 0.2) is 211 Å². The molecule has 0 atom stereocenters. The number of para-hydroxylation sites is 3. The molecule has 58 heavy (non-hydrogen) atoms. The highest BCUT2D eigenvalue weighted by atomic mass is 32.1. The van der Waals surface area contributed by atoms with Crippen molar-refractivity contribution in [2.75, 3.05) is 4.90 Å². The summed E-state index contributed by atoms with van der Waals surface area (Å²) in [6.45, 7) is 0. The van der Waals surface area contributed by atoms with Crippen LogP contribution in [0.4, 0.5) is 17.1 Å². The number of benzene rings is 9. The minimum Gasteiger partial charge on any atom is -0.456 e. The van der Waals surface area contributed by atoms with Crippen LogP contribution >= 0.6 is 11.3 Å². The molecule has 3 heterocycles. The van der Waals surface area contributed by atoms with Crippen molar-refractivity contribution in [2.45, 2.75) is 0 Å². The Bertz CT molecular complexity index is 3500. The summed E-state index contributed by atoms with van der Waals surface area (Å²) in [5, 5.41) is 7.22. The predicted octanol–water partition coefficient (Wildman–Crippen LogP) is 15.9. The number of hydrogen-bond acceptors (Lipinski definition) is 3. The van der Waals surface area contributed by atoms with E-state index in [1.165, 1.54) is 53.2 Å². The van der Waals surface area contributed by atoms with Gasteiger partial charge in [0.15, 0.2) is 0 Å². The van der Waals surface area contributed by atoms with Crippen LogP contribution in [-0.4, -0.2) is 4.57 Å². The third-order valence-corrected chi connectivity index (χ3v) is 12.7. The van der Waals surface area contributed by atoms with Crippen molar-refractivity contribution in [1.82, 2.24) is 4.57 Å². The molecule has 0 bridgehead atoms. The maximum atomic E-state index is 6.54. The van der Waals surface area contributed by atoms with Crippen LogP contribution in [0.1, 0.15) is 0 Å². The summed E-state index contributed by atoms with van der Waals surface area (Å²) in [6.07, 6.45) is 0. The minimum absolute atomic E-state index is 0.858. The van der Waals surface area contributed by atoms with Crippen molar-refractivity contribution in [3.05, 3.63) is 206 Å². The fourth-order valence-electron chi connectivity index (χ4n) is 8.88. The van der Waals surface area contributed by atoms with Crippen LogP contribution < -0.4 is 4.90 Å². The van der Waals surface area contributed by atoms with E-state index in [4.69, 9.17) is 4.42 Å². The van der Waals surface area contributed by atoms with Gasteiger partial charge in [-0.3, -0.25) is 0 Å². The van der Waals surface area contributed by atoms with Crippen molar-refractivity contribution < 1.29 is 4.42 Å². The number of thiophene rings is 1. The molecule has 0 aliphatic heterocycles. The van der Waals surface area contributed by atoms with Crippen molar-refractivity contribution in [1.29, 1.82) is 0 Å². The summed E-state index contributed by atoms with van der Waals surface area (Å²) in [5.74, 6) is 0. The molecular formula is C54H34N2OS. The lowest BCUT2D eigenvalue weighted by Crippen LogP contribution is -2.11. The molecule has 0 unspecified atom stereocenters. The van der Waals surface area contributed by atoms with Crippen LogP contribution in [-0.2, 0) is 0 Å². The predicted molar refractivity (Wildman–Crippen MR) is 247 cm³/mol. The molecule has 0 aliphatic carbocycles. The maximum Gasteiger partial charge on any atom is 0.137 e. The Balaban J connectivity index is 1.18. The molecule has 3 nitrogen and oxygen atoms in total. The Morgan fingerprint density at radius 3 is 1.86 bits per heavy atom. The van der Waals surface area contributed by atoms with E-state index in [0.717, 1.165) is 55.8 Å². The zero-order chi connectivity index (χ0) is 38.2. The topological polar surface area (TPSA) is 21.3 Å². The van der Waals surface area contributed by atoms with Gasteiger partial charge in [0, 0.05) is 70.4 Å². The van der Waals surface area contributed by atoms with Gasteiger partial charge in [-0.1, -0.05) is 121 Å². The van der Waals surface area contributed by atoms with Gasteiger partial charge in [-0.05, 0) is 95.6 Å². The van der Waals surface area contributed by atoms with E-state index in [-0.39, 0.29) is 0 Å². The molecule has 0 radical (unpaired) electrons. The summed E-state index contributed by atoms with van der Waals surface area (Å²) in [6, 6.07) is 74.6. The van der Waals surface area contributed by atoms with Gasteiger partial charge in [-0.25, -0.2) is 0 Å². The lowest BCUT2D eigenvalue weighted by molar-refractivity contribution is 0.669. The SMILES string of the molecule is c1ccc(-c2ccc(N(c3ccc4c(c3)oc3ccccc34)c3cc4c(cc3-c3ccc5sc6ccccc6c5c3)c3ccccc3n4-c3ccccc3)cc2)cc1. The average Bonchev–Trinajstić information content (AvgIpc) is 3.96. The second-order valence-corrected chi connectivity index (χ2v) is 16.0. The minimum atomic E-state index is 0.858. The standard InChI is InChI=1S/C54H34N2OS/c1-3-13-35(14-4-1)36-23-26-39(27-24-36)55(40-28-29-43-42-18-8-11-21-51(42)57-52(43)32-40)49-34-50-46(41-17-7-10-20-48(41)56(50)38-15-5-2-6-16-38)33-45(49)37-25-30-54-47(31-37)44-19-9-12-22-53(44)58-54/h1-34H. The number of furan rings is 1. The van der Waals surface area contributed by atoms with Crippen molar-refractivity contribution in [2.24, 2.45) is 0 Å². The van der Waals surface area contributed by atoms with Crippen molar-refractivity contribution in [3.8, 4) is 27.9 Å². The second-order valence-electron chi connectivity index (χ2n) is 14.9. The molecular weight excluding hydrogens is 725 g/mol. The second kappa shape index (κ2) is 13.1. The maximum absolute atomic E-state index is 6.54. The van der Waals surface area contributed by atoms with Gasteiger partial charge in [0.25, 0.3) is 0 Å². The van der Waals surface area contributed by atoms with Crippen LogP contribution in [0, 0.1) is 0 Å². The molecule has 0 spiro atoms. The number of fused-ring (bicyclic) bond motifs is 9. The van der Waals surface area contributed by atoms with E-state index in [2.05, 4.69) is 204 Å². The molecule has 272 valence electrons. The molecule has 12 aromatic rings. The quantitative estimate of drug-likeness (QED) is 0.168. The third-order valence-electron chi connectivity index (χ3n) is 11.6. The van der Waals surface area contributed by atoms with Gasteiger partial charge >= 0.3 is 0 Å². The van der Waals surface area contributed by atoms with Gasteiger partial charge in [-0.2, -0.15) is 0 Å². The van der Waals surface area contributed by atoms with Gasteiger partial charge in [0.05, 0.1) is 16.7 Å². The van der Waals surface area contributed by atoms with Crippen LogP contribution in [0.25, 0.3) is 91.9 Å². The summed E-state index contributed by atoms with van der Waals surface area (Å²) in [5.41, 5.74) is 13.0. The highest BCUT2D eigenvalue weighted by Crippen LogP contribution is 2.48. The molecule has 0 N–H and O–H groups in total. The highest BCUT2D eigenvalue weighted by Gasteiger charge is 2.23. The van der Waals surface area contributed by atoms with E-state index in [0.29, 0.717) is 0 Å². The first-order chi connectivity index (χ1) is 28.7. The smallest absolute Gasteiger partial charge is 0.137 e. The van der Waals surface area contributed by atoms with Crippen LogP contribution in [0.5, 0.6) is 0 Å². The fourth-order valence-corrected chi connectivity index (χ4v) is 9.97. The summed E-state index contributed by atoms with van der Waals surface area (Å²) < 4.78 is 11.5. The molecule has 0 fully saturated rings. The highest BCUT2D eigenvalue weighted by molar-refractivity contribution is 7.25. The number of anilines is 3. The molecule has 3 aromatic heterocycles. The molecule has 4 heteroatoms. The first kappa shape index (κ1) is 32.8. The van der Waals surface area contributed by atoms with Crippen molar-refractivity contribution >= 4 is 92.3 Å². The Hall–Kier alpha value is -7.40. The Kier molecular flexibility index (Phi) is 7.40. The van der Waals surface area contributed by atoms with Gasteiger partial charge in [0.1, 0.15) is 11.2 Å². The van der Waals surface area contributed by atoms with Crippen LogP contribution in [0.2, 0.25) is 0 Å². The molecule has 9 aromatic carbocycles. The molecule has 0 aliphatic rings.